The summed E-state index contributed by atoms with van der Waals surface area (Å²) in [5.74, 6) is -0.356. The SMILES string of the molecule is Cc1c(C(=O)N(C)Cc2cccc(C(F)(F)F)c2)nnn1C1CCNCC1.Cl. The van der Waals surface area contributed by atoms with Crippen LogP contribution in [0.1, 0.15) is 46.2 Å². The van der Waals surface area contributed by atoms with Gasteiger partial charge in [0.25, 0.3) is 5.91 Å². The molecule has 1 N–H and O–H groups in total. The molecule has 1 fully saturated rings. The smallest absolute Gasteiger partial charge is 0.336 e. The monoisotopic (exact) mass is 417 g/mol. The number of benzene rings is 1. The minimum absolute atomic E-state index is 0. The Hall–Kier alpha value is -2.13. The Bertz CT molecular complexity index is 818. The lowest BCUT2D eigenvalue weighted by Gasteiger charge is -2.23. The van der Waals surface area contributed by atoms with Gasteiger partial charge in [0, 0.05) is 13.6 Å². The van der Waals surface area contributed by atoms with Crippen molar-refractivity contribution in [3.8, 4) is 0 Å². The Morgan fingerprint density at radius 3 is 2.64 bits per heavy atom. The normalized spacial score (nSPS) is 15.2. The summed E-state index contributed by atoms with van der Waals surface area (Å²) in [4.78, 5) is 14.1. The highest BCUT2D eigenvalue weighted by atomic mass is 35.5. The molecule has 0 unspecified atom stereocenters. The Morgan fingerprint density at radius 1 is 1.32 bits per heavy atom. The molecule has 0 saturated carbocycles. The van der Waals surface area contributed by atoms with E-state index in [9.17, 15) is 18.0 Å². The Labute approximate surface area is 167 Å². The molecule has 3 rings (SSSR count). The molecule has 1 aromatic carbocycles. The van der Waals surface area contributed by atoms with Gasteiger partial charge in [0.05, 0.1) is 17.3 Å². The average molecular weight is 418 g/mol. The van der Waals surface area contributed by atoms with Crippen LogP contribution >= 0.6 is 12.4 Å². The van der Waals surface area contributed by atoms with Gasteiger partial charge in [-0.05, 0) is 50.6 Å². The Balaban J connectivity index is 0.00000280. The van der Waals surface area contributed by atoms with Crippen LogP contribution in [0.3, 0.4) is 0 Å². The van der Waals surface area contributed by atoms with Crippen LogP contribution < -0.4 is 5.32 Å². The number of carbonyl (C=O) groups is 1. The number of halogens is 4. The molecule has 2 aromatic rings. The third kappa shape index (κ3) is 4.82. The number of aromatic nitrogens is 3. The number of nitrogens with zero attached hydrogens (tertiary/aromatic N) is 4. The minimum atomic E-state index is -4.41. The number of hydrogen-bond donors (Lipinski definition) is 1. The molecule has 2 heterocycles. The summed E-state index contributed by atoms with van der Waals surface area (Å²) in [6.07, 6.45) is -2.58. The van der Waals surface area contributed by atoms with Crippen molar-refractivity contribution in [2.75, 3.05) is 20.1 Å². The number of carbonyl (C=O) groups excluding carboxylic acids is 1. The summed E-state index contributed by atoms with van der Waals surface area (Å²) < 4.78 is 40.3. The van der Waals surface area contributed by atoms with Gasteiger partial charge < -0.3 is 10.2 Å². The molecule has 0 atom stereocenters. The first-order valence-corrected chi connectivity index (χ1v) is 8.81. The predicted octanol–water partition coefficient (Wildman–Crippen LogP) is 3.22. The highest BCUT2D eigenvalue weighted by Crippen LogP contribution is 2.30. The van der Waals surface area contributed by atoms with Crippen LogP contribution in [0, 0.1) is 6.92 Å². The molecule has 1 aliphatic heterocycles. The van der Waals surface area contributed by atoms with Crippen LogP contribution in [0.4, 0.5) is 13.2 Å². The Morgan fingerprint density at radius 2 is 2.00 bits per heavy atom. The maximum Gasteiger partial charge on any atom is 0.416 e. The van der Waals surface area contributed by atoms with Crippen molar-refractivity contribution < 1.29 is 18.0 Å². The van der Waals surface area contributed by atoms with Crippen LogP contribution in [-0.2, 0) is 12.7 Å². The van der Waals surface area contributed by atoms with E-state index in [1.54, 1.807) is 24.7 Å². The van der Waals surface area contributed by atoms with Crippen molar-refractivity contribution in [3.63, 3.8) is 0 Å². The standard InChI is InChI=1S/C18H22F3N5O.ClH/c1-12-16(23-24-26(12)15-6-8-22-9-7-15)17(27)25(2)11-13-4-3-5-14(10-13)18(19,20)21;/h3-5,10,15,22H,6-9,11H2,1-2H3;1H. The number of amides is 1. The fourth-order valence-electron chi connectivity index (χ4n) is 3.31. The molecule has 0 radical (unpaired) electrons. The third-order valence-electron chi connectivity index (χ3n) is 4.81. The van der Waals surface area contributed by atoms with Crippen LogP contribution in [0.2, 0.25) is 0 Å². The topological polar surface area (TPSA) is 63.1 Å². The highest BCUT2D eigenvalue weighted by Gasteiger charge is 2.30. The second kappa shape index (κ2) is 8.91. The van der Waals surface area contributed by atoms with E-state index in [0.29, 0.717) is 11.3 Å². The summed E-state index contributed by atoms with van der Waals surface area (Å²) in [7, 11) is 1.55. The zero-order valence-corrected chi connectivity index (χ0v) is 16.5. The third-order valence-corrected chi connectivity index (χ3v) is 4.81. The first-order valence-electron chi connectivity index (χ1n) is 8.81. The number of piperidine rings is 1. The summed E-state index contributed by atoms with van der Waals surface area (Å²) >= 11 is 0. The number of alkyl halides is 3. The van der Waals surface area contributed by atoms with E-state index in [4.69, 9.17) is 0 Å². The van der Waals surface area contributed by atoms with Crippen molar-refractivity contribution in [1.82, 2.24) is 25.2 Å². The molecule has 6 nitrogen and oxygen atoms in total. The van der Waals surface area contributed by atoms with Crippen LogP contribution in [0.5, 0.6) is 0 Å². The van der Waals surface area contributed by atoms with Crippen molar-refractivity contribution in [1.29, 1.82) is 0 Å². The maximum atomic E-state index is 12.9. The van der Waals surface area contributed by atoms with Gasteiger partial charge in [-0.1, -0.05) is 17.3 Å². The summed E-state index contributed by atoms with van der Waals surface area (Å²) in [5, 5.41) is 11.4. The lowest BCUT2D eigenvalue weighted by atomic mass is 10.1. The van der Waals surface area contributed by atoms with E-state index < -0.39 is 11.7 Å². The summed E-state index contributed by atoms with van der Waals surface area (Å²) in [6.45, 7) is 3.64. The molecule has 28 heavy (non-hydrogen) atoms. The first kappa shape index (κ1) is 22.2. The van der Waals surface area contributed by atoms with Gasteiger partial charge in [-0.2, -0.15) is 13.2 Å². The zero-order valence-electron chi connectivity index (χ0n) is 15.7. The molecule has 1 aromatic heterocycles. The summed E-state index contributed by atoms with van der Waals surface area (Å²) in [5.41, 5.74) is 0.601. The van der Waals surface area contributed by atoms with Crippen molar-refractivity contribution in [2.24, 2.45) is 0 Å². The van der Waals surface area contributed by atoms with Crippen molar-refractivity contribution in [2.45, 2.75) is 38.5 Å². The lowest BCUT2D eigenvalue weighted by molar-refractivity contribution is -0.137. The van der Waals surface area contributed by atoms with Gasteiger partial charge in [-0.15, -0.1) is 17.5 Å². The predicted molar refractivity (Wildman–Crippen MR) is 100 cm³/mol. The summed E-state index contributed by atoms with van der Waals surface area (Å²) in [6, 6.07) is 5.18. The maximum absolute atomic E-state index is 12.9. The second-order valence-corrected chi connectivity index (χ2v) is 6.81. The van der Waals surface area contributed by atoms with Crippen molar-refractivity contribution >= 4 is 18.3 Å². The molecule has 0 aliphatic carbocycles. The second-order valence-electron chi connectivity index (χ2n) is 6.81. The van der Waals surface area contributed by atoms with Gasteiger partial charge >= 0.3 is 6.18 Å². The quantitative estimate of drug-likeness (QED) is 0.829. The Kier molecular flexibility index (Phi) is 7.06. The van der Waals surface area contributed by atoms with Gasteiger partial charge in [0.15, 0.2) is 5.69 Å². The van der Waals surface area contributed by atoms with Crippen LogP contribution in [0.25, 0.3) is 0 Å². The van der Waals surface area contributed by atoms with E-state index in [0.717, 1.165) is 38.1 Å². The van der Waals surface area contributed by atoms with Gasteiger partial charge in [-0.3, -0.25) is 4.79 Å². The van der Waals surface area contributed by atoms with Gasteiger partial charge in [0.1, 0.15) is 0 Å². The number of hydrogen-bond acceptors (Lipinski definition) is 4. The fraction of sp³-hybridized carbons (Fsp3) is 0.500. The van der Waals surface area contributed by atoms with E-state index in [2.05, 4.69) is 15.6 Å². The number of nitrogens with one attached hydrogen (secondary N) is 1. The molecular formula is C18H23ClF3N5O. The molecule has 0 bridgehead atoms. The zero-order chi connectivity index (χ0) is 19.6. The van der Waals surface area contributed by atoms with Gasteiger partial charge in [0.2, 0.25) is 0 Å². The van der Waals surface area contributed by atoms with Crippen LogP contribution in [-0.4, -0.2) is 45.9 Å². The minimum Gasteiger partial charge on any atom is -0.336 e. The first-order chi connectivity index (χ1) is 12.8. The fourth-order valence-corrected chi connectivity index (χ4v) is 3.31. The van der Waals surface area contributed by atoms with Gasteiger partial charge in [-0.25, -0.2) is 4.68 Å². The largest absolute Gasteiger partial charge is 0.416 e. The van der Waals surface area contributed by atoms with E-state index in [-0.39, 0.29) is 36.6 Å². The molecule has 1 amide bonds. The average Bonchev–Trinajstić information content (AvgIpc) is 3.02. The van der Waals surface area contributed by atoms with Crippen LogP contribution in [0.15, 0.2) is 24.3 Å². The highest BCUT2D eigenvalue weighted by molar-refractivity contribution is 5.93. The molecule has 154 valence electrons. The van der Waals surface area contributed by atoms with Crippen molar-refractivity contribution in [3.05, 3.63) is 46.8 Å². The molecule has 1 saturated heterocycles. The van der Waals surface area contributed by atoms with E-state index in [1.165, 1.54) is 11.0 Å². The molecule has 1 aliphatic rings. The number of rotatable bonds is 4. The van der Waals surface area contributed by atoms with E-state index >= 15 is 0 Å². The molecule has 10 heteroatoms. The lowest BCUT2D eigenvalue weighted by Crippen LogP contribution is -2.30. The van der Waals surface area contributed by atoms with E-state index in [1.807, 2.05) is 0 Å². The molecule has 0 spiro atoms. The molecular weight excluding hydrogens is 395 g/mol.